The predicted molar refractivity (Wildman–Crippen MR) is 153 cm³/mol. The monoisotopic (exact) mass is 535 g/mol. The molecule has 0 unspecified atom stereocenters. The highest BCUT2D eigenvalue weighted by atomic mass is 16.4. The summed E-state index contributed by atoms with van der Waals surface area (Å²) in [5.74, 6) is -0.178. The minimum atomic E-state index is -0.604. The molecular weight excluding hydrogens is 506 g/mol. The van der Waals surface area contributed by atoms with Gasteiger partial charge in [0.1, 0.15) is 5.52 Å². The number of carbonyl (C=O) groups is 1. The number of nitrogens with zero attached hydrogens (tertiary/aromatic N) is 5. The molecule has 9 nitrogen and oxygen atoms in total. The average molecular weight is 536 g/mol. The Balaban J connectivity index is 1.57. The van der Waals surface area contributed by atoms with Crippen LogP contribution in [0.25, 0.3) is 22.7 Å². The zero-order chi connectivity index (χ0) is 28.1. The number of aryl methyl sites for hydroxylation is 1. The van der Waals surface area contributed by atoms with E-state index in [1.165, 1.54) is 4.57 Å². The number of carbonyl (C=O) groups excluding carboxylic acids is 1. The van der Waals surface area contributed by atoms with Crippen LogP contribution >= 0.6 is 0 Å². The van der Waals surface area contributed by atoms with Gasteiger partial charge in [-0.25, -0.2) is 9.97 Å². The fraction of sp³-hybridized carbons (Fsp3) is 0.226. The van der Waals surface area contributed by atoms with Crippen LogP contribution in [0.4, 0.5) is 5.95 Å². The molecule has 0 aliphatic carbocycles. The minimum Gasteiger partial charge on any atom is -0.501 e. The molecule has 9 heteroatoms. The lowest BCUT2D eigenvalue weighted by Gasteiger charge is -2.40. The maximum atomic E-state index is 13.3. The highest BCUT2D eigenvalue weighted by Gasteiger charge is 2.34. The van der Waals surface area contributed by atoms with Crippen molar-refractivity contribution in [2.45, 2.75) is 19.4 Å². The first kappa shape index (κ1) is 25.4. The van der Waals surface area contributed by atoms with Gasteiger partial charge in [0.25, 0.3) is 17.4 Å². The van der Waals surface area contributed by atoms with Crippen LogP contribution in [0.3, 0.4) is 0 Å². The Hall–Kier alpha value is -4.92. The van der Waals surface area contributed by atoms with Gasteiger partial charge < -0.3 is 19.3 Å². The molecule has 2 aromatic heterocycles. The summed E-state index contributed by atoms with van der Waals surface area (Å²) in [5, 5.41) is 10.9. The van der Waals surface area contributed by atoms with Gasteiger partial charge in [0.05, 0.1) is 6.04 Å². The largest absolute Gasteiger partial charge is 0.501 e. The number of aromatic nitrogens is 3. The second kappa shape index (κ2) is 9.68. The lowest BCUT2D eigenvalue weighted by atomic mass is 9.85. The van der Waals surface area contributed by atoms with E-state index in [1.807, 2.05) is 55.5 Å². The standard InChI is InChI=1S/C31H29N5O4/c1-18-9-5-6-10-21(18)26-22-17-20(29(38)34(2)3)14-13-19(22)15-16-36(26)31-33-25(27(37)30(39)35(31)4)28-32-23-11-7-8-12-24(23)40-28/h5-14,17,26,37H,15-16H2,1-4H3/t26-/m1/s1. The van der Waals surface area contributed by atoms with E-state index in [0.29, 0.717) is 35.6 Å². The van der Waals surface area contributed by atoms with Gasteiger partial charge in [-0.15, -0.1) is 0 Å². The quantitative estimate of drug-likeness (QED) is 0.362. The van der Waals surface area contributed by atoms with Gasteiger partial charge in [-0.1, -0.05) is 42.5 Å². The summed E-state index contributed by atoms with van der Waals surface area (Å²) in [7, 11) is 5.06. The number of para-hydroxylation sites is 2. The zero-order valence-electron chi connectivity index (χ0n) is 22.8. The van der Waals surface area contributed by atoms with Crippen molar-refractivity contribution in [1.29, 1.82) is 0 Å². The molecule has 0 spiro atoms. The highest BCUT2D eigenvalue weighted by molar-refractivity contribution is 5.94. The third-order valence-corrected chi connectivity index (χ3v) is 7.51. The molecule has 3 heterocycles. The summed E-state index contributed by atoms with van der Waals surface area (Å²) in [6.07, 6.45) is 0.684. The molecule has 0 bridgehead atoms. The first-order chi connectivity index (χ1) is 19.2. The molecular formula is C31H29N5O4. The zero-order valence-corrected chi connectivity index (χ0v) is 22.8. The van der Waals surface area contributed by atoms with E-state index in [4.69, 9.17) is 9.40 Å². The second-order valence-corrected chi connectivity index (χ2v) is 10.3. The van der Waals surface area contributed by atoms with Crippen LogP contribution in [-0.2, 0) is 13.5 Å². The van der Waals surface area contributed by atoms with Gasteiger partial charge in [-0.3, -0.25) is 14.2 Å². The lowest BCUT2D eigenvalue weighted by Crippen LogP contribution is -2.40. The number of rotatable bonds is 4. The summed E-state index contributed by atoms with van der Waals surface area (Å²) in [4.78, 5) is 39.1. The maximum Gasteiger partial charge on any atom is 0.297 e. The van der Waals surface area contributed by atoms with Crippen LogP contribution in [0.2, 0.25) is 0 Å². The summed E-state index contributed by atoms with van der Waals surface area (Å²) in [6.45, 7) is 2.61. The molecule has 6 rings (SSSR count). The van der Waals surface area contributed by atoms with Crippen molar-refractivity contribution in [3.05, 3.63) is 105 Å². The smallest absolute Gasteiger partial charge is 0.297 e. The number of amides is 1. The number of anilines is 1. The van der Waals surface area contributed by atoms with Crippen molar-refractivity contribution in [1.82, 2.24) is 19.4 Å². The van der Waals surface area contributed by atoms with Crippen molar-refractivity contribution in [2.75, 3.05) is 25.5 Å². The minimum absolute atomic E-state index is 0.0137. The molecule has 1 atom stereocenters. The number of benzene rings is 3. The summed E-state index contributed by atoms with van der Waals surface area (Å²) < 4.78 is 7.23. The third-order valence-electron chi connectivity index (χ3n) is 7.51. The van der Waals surface area contributed by atoms with E-state index >= 15 is 0 Å². The first-order valence-corrected chi connectivity index (χ1v) is 13.1. The Kier molecular flexibility index (Phi) is 6.14. The van der Waals surface area contributed by atoms with Gasteiger partial charge in [-0.05, 0) is 59.9 Å². The summed E-state index contributed by atoms with van der Waals surface area (Å²) >= 11 is 0. The Labute approximate surface area is 230 Å². The van der Waals surface area contributed by atoms with E-state index < -0.39 is 11.3 Å². The number of fused-ring (bicyclic) bond motifs is 2. The van der Waals surface area contributed by atoms with E-state index in [1.54, 1.807) is 38.2 Å². The number of aromatic hydroxyl groups is 1. The molecule has 0 radical (unpaired) electrons. The van der Waals surface area contributed by atoms with E-state index in [0.717, 1.165) is 22.3 Å². The molecule has 202 valence electrons. The van der Waals surface area contributed by atoms with Crippen LogP contribution in [0.5, 0.6) is 5.75 Å². The van der Waals surface area contributed by atoms with Crippen molar-refractivity contribution in [2.24, 2.45) is 7.05 Å². The maximum absolute atomic E-state index is 13.3. The van der Waals surface area contributed by atoms with Crippen LogP contribution < -0.4 is 10.5 Å². The Morgan fingerprint density at radius 1 is 1.02 bits per heavy atom. The number of hydrogen-bond donors (Lipinski definition) is 1. The van der Waals surface area contributed by atoms with Gasteiger partial charge in [0, 0.05) is 33.3 Å². The van der Waals surface area contributed by atoms with Crippen molar-refractivity contribution < 1.29 is 14.3 Å². The molecule has 0 fully saturated rings. The lowest BCUT2D eigenvalue weighted by molar-refractivity contribution is 0.0827. The van der Waals surface area contributed by atoms with Crippen LogP contribution in [0.1, 0.15) is 38.7 Å². The van der Waals surface area contributed by atoms with E-state index in [2.05, 4.69) is 16.0 Å². The average Bonchev–Trinajstić information content (AvgIpc) is 3.39. The SMILES string of the molecule is Cc1ccccc1[C@@H]1c2cc(C(=O)N(C)C)ccc2CCN1c1nc(-c2nc3ccccc3o2)c(O)c(=O)n1C. The molecule has 40 heavy (non-hydrogen) atoms. The van der Waals surface area contributed by atoms with Gasteiger partial charge in [0.2, 0.25) is 11.7 Å². The molecule has 1 aliphatic rings. The Morgan fingerprint density at radius 2 is 1.77 bits per heavy atom. The number of hydrogen-bond acceptors (Lipinski definition) is 7. The molecule has 0 saturated heterocycles. The van der Waals surface area contributed by atoms with Crippen LogP contribution in [0, 0.1) is 6.92 Å². The van der Waals surface area contributed by atoms with Gasteiger partial charge in [-0.2, -0.15) is 0 Å². The van der Waals surface area contributed by atoms with E-state index in [9.17, 15) is 14.7 Å². The molecule has 5 aromatic rings. The molecule has 1 aliphatic heterocycles. The van der Waals surface area contributed by atoms with Gasteiger partial charge >= 0.3 is 0 Å². The van der Waals surface area contributed by atoms with Crippen LogP contribution in [-0.4, -0.2) is 51.1 Å². The van der Waals surface area contributed by atoms with Gasteiger partial charge in [0.15, 0.2) is 11.3 Å². The van der Waals surface area contributed by atoms with E-state index in [-0.39, 0.29) is 23.5 Å². The second-order valence-electron chi connectivity index (χ2n) is 10.3. The first-order valence-electron chi connectivity index (χ1n) is 13.1. The normalized spacial score (nSPS) is 14.8. The molecule has 1 N–H and O–H groups in total. The molecule has 1 amide bonds. The highest BCUT2D eigenvalue weighted by Crippen LogP contribution is 2.40. The fourth-order valence-corrected chi connectivity index (χ4v) is 5.41. The third kappa shape index (κ3) is 4.10. The Bertz CT molecular complexity index is 1800. The number of oxazole rings is 1. The Morgan fingerprint density at radius 3 is 2.52 bits per heavy atom. The fourth-order valence-electron chi connectivity index (χ4n) is 5.41. The predicted octanol–water partition coefficient (Wildman–Crippen LogP) is 4.46. The summed E-state index contributed by atoms with van der Waals surface area (Å²) in [6, 6.07) is 20.8. The topological polar surface area (TPSA) is 105 Å². The van der Waals surface area contributed by atoms with Crippen molar-refractivity contribution >= 4 is 23.0 Å². The molecule has 3 aromatic carbocycles. The van der Waals surface area contributed by atoms with Crippen LogP contribution in [0.15, 0.2) is 75.9 Å². The van der Waals surface area contributed by atoms with Crippen molar-refractivity contribution in [3.63, 3.8) is 0 Å². The molecule has 0 saturated carbocycles. The summed E-state index contributed by atoms with van der Waals surface area (Å²) in [5.41, 5.74) is 5.30. The van der Waals surface area contributed by atoms with Crippen molar-refractivity contribution in [3.8, 4) is 17.3 Å².